The molecule has 10 heteroatoms. The highest BCUT2D eigenvalue weighted by atomic mass is 16.6. The summed E-state index contributed by atoms with van der Waals surface area (Å²) in [6, 6.07) is 7.46. The van der Waals surface area contributed by atoms with E-state index in [1.807, 2.05) is 24.3 Å². The van der Waals surface area contributed by atoms with E-state index in [1.54, 1.807) is 33.9 Å². The zero-order valence-corrected chi connectivity index (χ0v) is 20.9. The molecule has 0 spiro atoms. The van der Waals surface area contributed by atoms with Crippen LogP contribution in [0.5, 0.6) is 0 Å². The number of H-pyrrole nitrogens is 1. The minimum absolute atomic E-state index is 0.000436. The zero-order valence-electron chi connectivity index (χ0n) is 20.9. The molecule has 10 nitrogen and oxygen atoms in total. The molecule has 2 rings (SSSR count). The first-order chi connectivity index (χ1) is 17.3. The van der Waals surface area contributed by atoms with Gasteiger partial charge in [0.15, 0.2) is 18.3 Å². The molecule has 0 saturated carbocycles. The minimum Gasteiger partial charge on any atom is -0.456 e. The number of aromatic nitrogens is 1. The van der Waals surface area contributed by atoms with Crippen LogP contribution in [0.15, 0.2) is 42.3 Å². The van der Waals surface area contributed by atoms with Gasteiger partial charge in [-0.1, -0.05) is 39.0 Å². The lowest BCUT2D eigenvalue weighted by molar-refractivity contribution is -0.189. The lowest BCUT2D eigenvalue weighted by Gasteiger charge is -2.32. The number of benzene rings is 1. The van der Waals surface area contributed by atoms with Crippen LogP contribution in [-0.4, -0.2) is 58.9 Å². The molecule has 0 aliphatic carbocycles. The molecule has 36 heavy (non-hydrogen) atoms. The molecule has 0 aliphatic rings. The summed E-state index contributed by atoms with van der Waals surface area (Å²) in [7, 11) is 0. The number of ether oxygens (including phenoxy) is 4. The number of aliphatic hydroxyl groups is 1. The first-order valence-electron chi connectivity index (χ1n) is 11.9. The molecule has 0 aliphatic heterocycles. The van der Waals surface area contributed by atoms with E-state index in [1.165, 1.54) is 6.08 Å². The quantitative estimate of drug-likeness (QED) is 0.239. The Morgan fingerprint density at radius 3 is 2.14 bits per heavy atom. The highest BCUT2D eigenvalue weighted by Gasteiger charge is 2.41. The van der Waals surface area contributed by atoms with Crippen LogP contribution in [0.3, 0.4) is 0 Å². The van der Waals surface area contributed by atoms with Crippen molar-refractivity contribution < 1.29 is 43.2 Å². The third-order valence-corrected chi connectivity index (χ3v) is 5.33. The van der Waals surface area contributed by atoms with Crippen molar-refractivity contribution in [1.29, 1.82) is 0 Å². The van der Waals surface area contributed by atoms with Crippen molar-refractivity contribution in [2.75, 3.05) is 6.61 Å². The van der Waals surface area contributed by atoms with E-state index in [0.29, 0.717) is 5.56 Å². The first kappa shape index (κ1) is 28.6. The molecule has 0 radical (unpaired) electrons. The monoisotopic (exact) mass is 503 g/mol. The Kier molecular flexibility index (Phi) is 11.1. The van der Waals surface area contributed by atoms with E-state index in [-0.39, 0.29) is 31.4 Å². The van der Waals surface area contributed by atoms with Gasteiger partial charge in [-0.3, -0.25) is 19.2 Å². The van der Waals surface area contributed by atoms with Crippen LogP contribution in [0, 0.1) is 0 Å². The molecule has 0 amide bonds. The van der Waals surface area contributed by atoms with Gasteiger partial charge in [0.05, 0.1) is 13.0 Å². The number of fused-ring (bicyclic) bond motifs is 1. The maximum Gasteiger partial charge on any atom is 0.315 e. The number of aliphatic hydroxyl groups excluding tert-OH is 1. The van der Waals surface area contributed by atoms with Gasteiger partial charge in [0.1, 0.15) is 5.76 Å². The molecule has 0 unspecified atom stereocenters. The van der Waals surface area contributed by atoms with Crippen LogP contribution < -0.4 is 0 Å². The first-order valence-corrected chi connectivity index (χ1v) is 11.9. The molecule has 2 aromatic rings. The topological polar surface area (TPSA) is 141 Å². The average molecular weight is 504 g/mol. The summed E-state index contributed by atoms with van der Waals surface area (Å²) in [5.74, 6) is -2.81. The van der Waals surface area contributed by atoms with E-state index in [2.05, 4.69) is 4.98 Å². The Labute approximate surface area is 209 Å². The molecule has 0 fully saturated rings. The fourth-order valence-corrected chi connectivity index (χ4v) is 3.42. The Morgan fingerprint density at radius 2 is 1.53 bits per heavy atom. The van der Waals surface area contributed by atoms with Gasteiger partial charge in [0.25, 0.3) is 0 Å². The second-order valence-electron chi connectivity index (χ2n) is 7.84. The lowest BCUT2D eigenvalue weighted by atomic mass is 10.0. The van der Waals surface area contributed by atoms with Gasteiger partial charge in [-0.05, 0) is 24.6 Å². The number of aromatic amines is 1. The summed E-state index contributed by atoms with van der Waals surface area (Å²) >= 11 is 0. The van der Waals surface area contributed by atoms with Crippen molar-refractivity contribution in [3.8, 4) is 0 Å². The van der Waals surface area contributed by atoms with Crippen LogP contribution >= 0.6 is 0 Å². The van der Waals surface area contributed by atoms with Gasteiger partial charge in [0, 0.05) is 36.4 Å². The van der Waals surface area contributed by atoms with Crippen molar-refractivity contribution in [3.05, 3.63) is 47.9 Å². The van der Waals surface area contributed by atoms with Gasteiger partial charge < -0.3 is 29.0 Å². The van der Waals surface area contributed by atoms with Gasteiger partial charge in [-0.15, -0.1) is 0 Å². The van der Waals surface area contributed by atoms with E-state index in [4.69, 9.17) is 18.9 Å². The Hall–Kier alpha value is -3.66. The summed E-state index contributed by atoms with van der Waals surface area (Å²) in [5, 5.41) is 10.8. The summed E-state index contributed by atoms with van der Waals surface area (Å²) in [6.45, 7) is 5.49. The second-order valence-corrected chi connectivity index (χ2v) is 7.84. The van der Waals surface area contributed by atoms with E-state index in [0.717, 1.165) is 10.9 Å². The van der Waals surface area contributed by atoms with E-state index < -0.39 is 48.8 Å². The van der Waals surface area contributed by atoms with Gasteiger partial charge in [0.2, 0.25) is 0 Å². The second kappa shape index (κ2) is 14.0. The number of allylic oxidation sites excluding steroid dienone is 1. The fraction of sp³-hybridized carbons (Fsp3) is 0.462. The molecular weight excluding hydrogens is 470 g/mol. The third-order valence-electron chi connectivity index (χ3n) is 5.33. The predicted octanol–water partition coefficient (Wildman–Crippen LogP) is 3.12. The molecular formula is C26H33NO9. The Morgan fingerprint density at radius 1 is 0.917 bits per heavy atom. The van der Waals surface area contributed by atoms with Crippen LogP contribution in [0.2, 0.25) is 0 Å². The predicted molar refractivity (Wildman–Crippen MR) is 129 cm³/mol. The Balaban J connectivity index is 2.37. The number of nitrogens with one attached hydrogen (secondary N) is 1. The van der Waals surface area contributed by atoms with Crippen molar-refractivity contribution in [3.63, 3.8) is 0 Å². The molecule has 1 aromatic carbocycles. The van der Waals surface area contributed by atoms with Gasteiger partial charge in [-0.2, -0.15) is 0 Å². The molecule has 196 valence electrons. The van der Waals surface area contributed by atoms with E-state index >= 15 is 0 Å². The smallest absolute Gasteiger partial charge is 0.315 e. The number of hydrogen-bond acceptors (Lipinski definition) is 9. The van der Waals surface area contributed by atoms with Crippen LogP contribution in [0.25, 0.3) is 10.9 Å². The van der Waals surface area contributed by atoms with Crippen LogP contribution in [-0.2, 0) is 44.5 Å². The standard InChI is InChI=1S/C26H33NO9/c1-5-19(33-24(32)13-16-14-27-18-12-10-9-11-17(16)18)25(35-22(30)7-3)26(36-23(31)8-4)20(15-28)34-21(29)6-2/h5,9-12,14,20,25-28H,6-8,13,15H2,1-4H3/b19-5-/t20-,25+,26+/m1/s1. The Bertz CT molecular complexity index is 1090. The summed E-state index contributed by atoms with van der Waals surface area (Å²) < 4.78 is 21.8. The summed E-state index contributed by atoms with van der Waals surface area (Å²) in [5.41, 5.74) is 1.56. The maximum atomic E-state index is 12.9. The highest BCUT2D eigenvalue weighted by Crippen LogP contribution is 2.24. The van der Waals surface area contributed by atoms with Crippen molar-refractivity contribution in [2.24, 2.45) is 0 Å². The summed E-state index contributed by atoms with van der Waals surface area (Å²) in [6.07, 6.45) is -1.33. The van der Waals surface area contributed by atoms with E-state index in [9.17, 15) is 24.3 Å². The average Bonchev–Trinajstić information content (AvgIpc) is 3.30. The van der Waals surface area contributed by atoms with Crippen LogP contribution in [0.1, 0.15) is 52.5 Å². The third kappa shape index (κ3) is 7.67. The molecule has 0 bridgehead atoms. The minimum atomic E-state index is -1.46. The van der Waals surface area contributed by atoms with Crippen LogP contribution in [0.4, 0.5) is 0 Å². The number of para-hydroxylation sites is 1. The van der Waals surface area contributed by atoms with Gasteiger partial charge in [-0.25, -0.2) is 0 Å². The normalized spacial score (nSPS) is 14.0. The number of hydrogen-bond donors (Lipinski definition) is 2. The molecule has 1 heterocycles. The van der Waals surface area contributed by atoms with Gasteiger partial charge >= 0.3 is 23.9 Å². The SMILES string of the molecule is C/C=C(\OC(=O)Cc1c[nH]c2ccccc12)[C@H](OC(=O)CC)[C@@H](OC(=O)CC)[C@@H](CO)OC(=O)CC. The van der Waals surface area contributed by atoms with Crippen molar-refractivity contribution in [1.82, 2.24) is 4.98 Å². The zero-order chi connectivity index (χ0) is 26.7. The summed E-state index contributed by atoms with van der Waals surface area (Å²) in [4.78, 5) is 52.4. The van der Waals surface area contributed by atoms with Crippen molar-refractivity contribution >= 4 is 34.8 Å². The molecule has 0 saturated heterocycles. The number of rotatable bonds is 13. The van der Waals surface area contributed by atoms with Crippen molar-refractivity contribution in [2.45, 2.75) is 71.7 Å². The molecule has 1 aromatic heterocycles. The largest absolute Gasteiger partial charge is 0.456 e. The molecule has 3 atom stereocenters. The number of esters is 4. The maximum absolute atomic E-state index is 12.9. The lowest BCUT2D eigenvalue weighted by Crippen LogP contribution is -2.48. The number of carbonyl (C=O) groups excluding carboxylic acids is 4. The number of carbonyl (C=O) groups is 4. The molecule has 2 N–H and O–H groups in total. The fourth-order valence-electron chi connectivity index (χ4n) is 3.42. The highest BCUT2D eigenvalue weighted by molar-refractivity contribution is 5.87.